The summed E-state index contributed by atoms with van der Waals surface area (Å²) in [6.45, 7) is 4.77. The van der Waals surface area contributed by atoms with Gasteiger partial charge in [-0.25, -0.2) is 0 Å². The van der Waals surface area contributed by atoms with Gasteiger partial charge in [-0.05, 0) is 48.2 Å². The van der Waals surface area contributed by atoms with E-state index in [1.165, 1.54) is 0 Å². The fraction of sp³-hybridized carbons (Fsp3) is 0.250. The number of hydrogen-bond donors (Lipinski definition) is 1. The molecule has 1 N–H and O–H groups in total. The molecule has 0 aliphatic carbocycles. The molecule has 0 atom stereocenters. The van der Waals surface area contributed by atoms with Gasteiger partial charge in [0, 0.05) is 0 Å². The molecule has 0 aliphatic rings. The summed E-state index contributed by atoms with van der Waals surface area (Å²) in [7, 11) is 0. The van der Waals surface area contributed by atoms with E-state index in [0.717, 1.165) is 28.0 Å². The molecule has 0 saturated carbocycles. The van der Waals surface area contributed by atoms with Gasteiger partial charge < -0.3 is 9.84 Å². The van der Waals surface area contributed by atoms with E-state index in [9.17, 15) is 5.11 Å². The molecule has 0 radical (unpaired) electrons. The van der Waals surface area contributed by atoms with Gasteiger partial charge in [0.1, 0.15) is 5.75 Å². The molecule has 0 aliphatic heterocycles. The second kappa shape index (κ2) is 5.69. The van der Waals surface area contributed by atoms with E-state index in [1.807, 2.05) is 38.1 Å². The van der Waals surface area contributed by atoms with Crippen molar-refractivity contribution in [3.8, 4) is 16.9 Å². The first-order valence-electron chi connectivity index (χ1n) is 6.19. The predicted molar refractivity (Wildman–Crippen MR) is 73.7 cm³/mol. The summed E-state index contributed by atoms with van der Waals surface area (Å²) in [5, 5.41) is 9.28. The Morgan fingerprint density at radius 3 is 2.39 bits per heavy atom. The monoisotopic (exact) mass is 242 g/mol. The molecule has 94 valence electrons. The predicted octanol–water partition coefficient (Wildman–Crippen LogP) is 3.55. The van der Waals surface area contributed by atoms with Crippen LogP contribution < -0.4 is 4.74 Å². The Hall–Kier alpha value is -1.80. The van der Waals surface area contributed by atoms with Gasteiger partial charge in [0.05, 0.1) is 13.2 Å². The molecule has 0 fully saturated rings. The van der Waals surface area contributed by atoms with Gasteiger partial charge in [-0.1, -0.05) is 30.3 Å². The van der Waals surface area contributed by atoms with Crippen LogP contribution >= 0.6 is 0 Å². The molecule has 0 saturated heterocycles. The summed E-state index contributed by atoms with van der Waals surface area (Å²) >= 11 is 0. The Morgan fingerprint density at radius 2 is 1.78 bits per heavy atom. The smallest absolute Gasteiger partial charge is 0.119 e. The quantitative estimate of drug-likeness (QED) is 0.888. The first kappa shape index (κ1) is 12.7. The average Bonchev–Trinajstić information content (AvgIpc) is 2.41. The van der Waals surface area contributed by atoms with Crippen LogP contribution in [0.5, 0.6) is 5.75 Å². The molecule has 2 aromatic rings. The maximum absolute atomic E-state index is 9.28. The summed E-state index contributed by atoms with van der Waals surface area (Å²) < 4.78 is 5.43. The van der Waals surface area contributed by atoms with Crippen molar-refractivity contribution in [1.29, 1.82) is 0 Å². The number of aliphatic hydroxyl groups is 1. The lowest BCUT2D eigenvalue weighted by atomic mass is 9.97. The summed E-state index contributed by atoms with van der Waals surface area (Å²) in [6, 6.07) is 14.1. The maximum atomic E-state index is 9.28. The molecule has 0 heterocycles. The third-order valence-corrected chi connectivity index (χ3v) is 3.09. The van der Waals surface area contributed by atoms with Crippen LogP contribution in [0.4, 0.5) is 0 Å². The van der Waals surface area contributed by atoms with Crippen LogP contribution in [0.2, 0.25) is 0 Å². The van der Waals surface area contributed by atoms with Crippen molar-refractivity contribution >= 4 is 0 Å². The van der Waals surface area contributed by atoms with Crippen LogP contribution in [-0.2, 0) is 6.61 Å². The Morgan fingerprint density at radius 1 is 1.06 bits per heavy atom. The normalized spacial score (nSPS) is 10.4. The molecular weight excluding hydrogens is 224 g/mol. The standard InChI is InChI=1S/C16H18O2/c1-3-18-15-9-7-13(8-10-15)16-6-4-5-14(11-17)12(16)2/h4-10,17H,3,11H2,1-2H3. The van der Waals surface area contributed by atoms with E-state index in [4.69, 9.17) is 4.74 Å². The van der Waals surface area contributed by atoms with Gasteiger partial charge >= 0.3 is 0 Å². The van der Waals surface area contributed by atoms with Crippen molar-refractivity contribution in [2.75, 3.05) is 6.61 Å². The highest BCUT2D eigenvalue weighted by atomic mass is 16.5. The van der Waals surface area contributed by atoms with Crippen LogP contribution in [0.3, 0.4) is 0 Å². The minimum Gasteiger partial charge on any atom is -0.494 e. The fourth-order valence-electron chi connectivity index (χ4n) is 2.06. The Bertz CT molecular complexity index is 515. The summed E-state index contributed by atoms with van der Waals surface area (Å²) in [5.41, 5.74) is 4.40. The minimum atomic E-state index is 0.0801. The second-order valence-electron chi connectivity index (χ2n) is 4.21. The molecule has 0 bridgehead atoms. The minimum absolute atomic E-state index is 0.0801. The zero-order valence-electron chi connectivity index (χ0n) is 10.8. The third kappa shape index (κ3) is 2.54. The summed E-state index contributed by atoms with van der Waals surface area (Å²) in [6.07, 6.45) is 0. The van der Waals surface area contributed by atoms with E-state index >= 15 is 0 Å². The Balaban J connectivity index is 2.36. The van der Waals surface area contributed by atoms with E-state index < -0.39 is 0 Å². The lowest BCUT2D eigenvalue weighted by Crippen LogP contribution is -1.93. The highest BCUT2D eigenvalue weighted by molar-refractivity contribution is 5.69. The van der Waals surface area contributed by atoms with Gasteiger partial charge in [0.2, 0.25) is 0 Å². The van der Waals surface area contributed by atoms with Gasteiger partial charge in [0.15, 0.2) is 0 Å². The van der Waals surface area contributed by atoms with Gasteiger partial charge in [-0.3, -0.25) is 0 Å². The molecule has 2 heteroatoms. The second-order valence-corrected chi connectivity index (χ2v) is 4.21. The maximum Gasteiger partial charge on any atom is 0.119 e. The molecule has 0 spiro atoms. The number of benzene rings is 2. The molecule has 0 amide bonds. The lowest BCUT2D eigenvalue weighted by Gasteiger charge is -2.10. The van der Waals surface area contributed by atoms with Crippen LogP contribution in [0, 0.1) is 6.92 Å². The van der Waals surface area contributed by atoms with Crippen molar-refractivity contribution in [2.24, 2.45) is 0 Å². The molecule has 2 aromatic carbocycles. The van der Waals surface area contributed by atoms with Crippen molar-refractivity contribution < 1.29 is 9.84 Å². The van der Waals surface area contributed by atoms with Gasteiger partial charge in [-0.2, -0.15) is 0 Å². The van der Waals surface area contributed by atoms with Crippen molar-refractivity contribution in [3.05, 3.63) is 53.6 Å². The molecule has 2 nitrogen and oxygen atoms in total. The van der Waals surface area contributed by atoms with E-state index in [0.29, 0.717) is 6.61 Å². The van der Waals surface area contributed by atoms with Crippen molar-refractivity contribution in [1.82, 2.24) is 0 Å². The average molecular weight is 242 g/mol. The first-order valence-corrected chi connectivity index (χ1v) is 6.19. The molecular formula is C16H18O2. The van der Waals surface area contributed by atoms with Crippen LogP contribution in [0.15, 0.2) is 42.5 Å². The van der Waals surface area contributed by atoms with Gasteiger partial charge in [-0.15, -0.1) is 0 Å². The number of ether oxygens (including phenoxy) is 1. The number of hydrogen-bond acceptors (Lipinski definition) is 2. The Labute approximate surface area is 108 Å². The van der Waals surface area contributed by atoms with E-state index in [-0.39, 0.29) is 6.61 Å². The van der Waals surface area contributed by atoms with E-state index in [1.54, 1.807) is 0 Å². The van der Waals surface area contributed by atoms with Crippen LogP contribution in [0.1, 0.15) is 18.1 Å². The summed E-state index contributed by atoms with van der Waals surface area (Å²) in [5.74, 6) is 0.886. The van der Waals surface area contributed by atoms with Crippen LogP contribution in [-0.4, -0.2) is 11.7 Å². The molecule has 0 aromatic heterocycles. The molecule has 18 heavy (non-hydrogen) atoms. The van der Waals surface area contributed by atoms with Crippen molar-refractivity contribution in [2.45, 2.75) is 20.5 Å². The third-order valence-electron chi connectivity index (χ3n) is 3.09. The highest BCUT2D eigenvalue weighted by Gasteiger charge is 2.05. The topological polar surface area (TPSA) is 29.5 Å². The molecule has 0 unspecified atom stereocenters. The Kier molecular flexibility index (Phi) is 4.00. The zero-order valence-corrected chi connectivity index (χ0v) is 10.8. The van der Waals surface area contributed by atoms with Crippen molar-refractivity contribution in [3.63, 3.8) is 0 Å². The van der Waals surface area contributed by atoms with E-state index in [2.05, 4.69) is 18.2 Å². The zero-order chi connectivity index (χ0) is 13.0. The number of rotatable bonds is 4. The SMILES string of the molecule is CCOc1ccc(-c2cccc(CO)c2C)cc1. The lowest BCUT2D eigenvalue weighted by molar-refractivity contribution is 0.281. The largest absolute Gasteiger partial charge is 0.494 e. The number of aliphatic hydroxyl groups excluding tert-OH is 1. The highest BCUT2D eigenvalue weighted by Crippen LogP contribution is 2.27. The van der Waals surface area contributed by atoms with Crippen LogP contribution in [0.25, 0.3) is 11.1 Å². The molecule has 2 rings (SSSR count). The summed E-state index contributed by atoms with van der Waals surface area (Å²) in [4.78, 5) is 0. The first-order chi connectivity index (χ1) is 8.76. The fourth-order valence-corrected chi connectivity index (χ4v) is 2.06. The van der Waals surface area contributed by atoms with Gasteiger partial charge in [0.25, 0.3) is 0 Å².